The second-order valence-corrected chi connectivity index (χ2v) is 10.6. The number of rotatable bonds is 10. The van der Waals surface area contributed by atoms with Crippen molar-refractivity contribution in [2.24, 2.45) is 5.10 Å². The number of ether oxygens (including phenoxy) is 3. The summed E-state index contributed by atoms with van der Waals surface area (Å²) in [5, 5.41) is 8.33. The number of carbonyl (C=O) groups is 2. The minimum atomic E-state index is -0.335. The molecule has 0 bridgehead atoms. The fourth-order valence-corrected chi connectivity index (χ4v) is 5.73. The molecule has 3 heterocycles. The van der Waals surface area contributed by atoms with Gasteiger partial charge in [0, 0.05) is 43.7 Å². The first kappa shape index (κ1) is 27.8. The average molecular weight is 563 g/mol. The lowest BCUT2D eigenvalue weighted by Crippen LogP contribution is -2.46. The van der Waals surface area contributed by atoms with Crippen LogP contribution in [-0.4, -0.2) is 92.5 Å². The van der Waals surface area contributed by atoms with Gasteiger partial charge in [0.25, 0.3) is 11.8 Å². The van der Waals surface area contributed by atoms with Crippen LogP contribution in [0, 0.1) is 0 Å². The minimum Gasteiger partial charge on any atom is -0.497 e. The van der Waals surface area contributed by atoms with Crippen LogP contribution in [0.5, 0.6) is 11.5 Å². The first-order valence-electron chi connectivity index (χ1n) is 13.4. The Kier molecular flexibility index (Phi) is 9.10. The minimum absolute atomic E-state index is 0.0952. The van der Waals surface area contributed by atoms with E-state index < -0.39 is 0 Å². The largest absolute Gasteiger partial charge is 0.497 e. The molecule has 1 saturated heterocycles. The Hall–Kier alpha value is -3.73. The zero-order valence-corrected chi connectivity index (χ0v) is 23.6. The standard InChI is InChI=1S/C30H34N4O5S/c1-37-23-11-9-22(10-12-23)30(36)33(14-13-32-15-17-39-18-16-32)21-29(35)34-26(24-6-3-4-7-27(24)38-2)20-25(31-34)28-8-5-19-40-28/h3-12,19,26H,13-18,20-21H2,1-2H3/t26-/m1/s1. The van der Waals surface area contributed by atoms with Gasteiger partial charge in [-0.2, -0.15) is 5.10 Å². The number of amides is 2. The Balaban J connectivity index is 1.41. The monoisotopic (exact) mass is 562 g/mol. The van der Waals surface area contributed by atoms with Crippen molar-refractivity contribution in [3.8, 4) is 11.5 Å². The number of hydrogen-bond acceptors (Lipinski definition) is 8. The van der Waals surface area contributed by atoms with Crippen LogP contribution in [0.15, 0.2) is 71.1 Å². The smallest absolute Gasteiger partial charge is 0.262 e. The molecule has 1 fully saturated rings. The molecule has 2 aromatic carbocycles. The van der Waals surface area contributed by atoms with Crippen molar-refractivity contribution in [2.75, 3.05) is 60.2 Å². The predicted octanol–water partition coefficient (Wildman–Crippen LogP) is 3.92. The zero-order valence-electron chi connectivity index (χ0n) is 22.8. The quantitative estimate of drug-likeness (QED) is 0.373. The van der Waals surface area contributed by atoms with E-state index in [-0.39, 0.29) is 24.4 Å². The number of carbonyl (C=O) groups excluding carboxylic acids is 2. The van der Waals surface area contributed by atoms with E-state index >= 15 is 0 Å². The fraction of sp³-hybridized carbons (Fsp3) is 0.367. The number of hydrogen-bond donors (Lipinski definition) is 0. The average Bonchev–Trinajstić information content (AvgIpc) is 3.70. The molecular weight excluding hydrogens is 528 g/mol. The van der Waals surface area contributed by atoms with Gasteiger partial charge in [-0.15, -0.1) is 11.3 Å². The Morgan fingerprint density at radius 3 is 2.50 bits per heavy atom. The van der Waals surface area contributed by atoms with Crippen molar-refractivity contribution < 1.29 is 23.8 Å². The SMILES string of the molecule is COc1ccc(C(=O)N(CCN2CCOCC2)CC(=O)N2N=C(c3cccs3)C[C@@H]2c2ccccc2OC)cc1. The number of benzene rings is 2. The number of methoxy groups -OCH3 is 2. The highest BCUT2D eigenvalue weighted by Gasteiger charge is 2.36. The van der Waals surface area contributed by atoms with Crippen LogP contribution < -0.4 is 9.47 Å². The molecule has 9 nitrogen and oxygen atoms in total. The maximum absolute atomic E-state index is 14.0. The lowest BCUT2D eigenvalue weighted by molar-refractivity contribution is -0.133. The van der Waals surface area contributed by atoms with Gasteiger partial charge in [0.15, 0.2) is 0 Å². The normalized spacial score (nSPS) is 17.4. The van der Waals surface area contributed by atoms with Crippen LogP contribution in [0.2, 0.25) is 0 Å². The molecule has 210 valence electrons. The van der Waals surface area contributed by atoms with Gasteiger partial charge in [-0.1, -0.05) is 24.3 Å². The lowest BCUT2D eigenvalue weighted by atomic mass is 10.00. The lowest BCUT2D eigenvalue weighted by Gasteiger charge is -2.31. The number of hydrazone groups is 1. The van der Waals surface area contributed by atoms with E-state index in [9.17, 15) is 9.59 Å². The summed E-state index contributed by atoms with van der Waals surface area (Å²) in [5.41, 5.74) is 2.23. The molecule has 1 atom stereocenters. The highest BCUT2D eigenvalue weighted by molar-refractivity contribution is 7.12. The van der Waals surface area contributed by atoms with Crippen LogP contribution in [0.25, 0.3) is 0 Å². The Morgan fingerprint density at radius 2 is 1.80 bits per heavy atom. The summed E-state index contributed by atoms with van der Waals surface area (Å²) in [6.45, 7) is 3.90. The maximum Gasteiger partial charge on any atom is 0.262 e. The molecule has 0 saturated carbocycles. The summed E-state index contributed by atoms with van der Waals surface area (Å²) < 4.78 is 16.4. The van der Waals surface area contributed by atoms with Crippen molar-refractivity contribution in [2.45, 2.75) is 12.5 Å². The van der Waals surface area contributed by atoms with E-state index in [4.69, 9.17) is 19.3 Å². The number of para-hydroxylation sites is 1. The molecule has 1 aromatic heterocycles. The van der Waals surface area contributed by atoms with E-state index in [0.29, 0.717) is 49.8 Å². The molecule has 2 aliphatic rings. The van der Waals surface area contributed by atoms with Crippen LogP contribution in [0.1, 0.15) is 33.3 Å². The summed E-state index contributed by atoms with van der Waals surface area (Å²) in [5.74, 6) is 0.914. The molecule has 40 heavy (non-hydrogen) atoms. The van der Waals surface area contributed by atoms with Crippen molar-refractivity contribution in [3.05, 3.63) is 82.0 Å². The molecule has 0 unspecified atom stereocenters. The maximum atomic E-state index is 14.0. The molecule has 3 aromatic rings. The van der Waals surface area contributed by atoms with E-state index in [2.05, 4.69) is 4.90 Å². The predicted molar refractivity (Wildman–Crippen MR) is 154 cm³/mol. The zero-order chi connectivity index (χ0) is 27.9. The molecule has 0 N–H and O–H groups in total. The summed E-state index contributed by atoms with van der Waals surface area (Å²) >= 11 is 1.59. The fourth-order valence-electron chi connectivity index (χ4n) is 5.01. The molecule has 2 aliphatic heterocycles. The van der Waals surface area contributed by atoms with Crippen LogP contribution in [-0.2, 0) is 9.53 Å². The van der Waals surface area contributed by atoms with E-state index in [1.807, 2.05) is 41.8 Å². The van der Waals surface area contributed by atoms with E-state index in [1.165, 1.54) is 5.01 Å². The molecule has 0 spiro atoms. The molecular formula is C30H34N4O5S. The summed E-state index contributed by atoms with van der Waals surface area (Å²) in [4.78, 5) is 32.6. The third-order valence-corrected chi connectivity index (χ3v) is 8.13. The first-order valence-corrected chi connectivity index (χ1v) is 14.2. The van der Waals surface area contributed by atoms with Gasteiger partial charge in [-0.3, -0.25) is 14.5 Å². The van der Waals surface area contributed by atoms with Gasteiger partial charge in [0.2, 0.25) is 0 Å². The first-order chi connectivity index (χ1) is 19.6. The topological polar surface area (TPSA) is 83.9 Å². The van der Waals surface area contributed by atoms with Crippen molar-refractivity contribution in [1.29, 1.82) is 0 Å². The van der Waals surface area contributed by atoms with Crippen LogP contribution in [0.3, 0.4) is 0 Å². The summed E-state index contributed by atoms with van der Waals surface area (Å²) in [6, 6.07) is 18.3. The van der Waals surface area contributed by atoms with Crippen LogP contribution >= 0.6 is 11.3 Å². The number of nitrogens with zero attached hydrogens (tertiary/aromatic N) is 4. The van der Waals surface area contributed by atoms with Gasteiger partial charge in [0.05, 0.1) is 44.1 Å². The third-order valence-electron chi connectivity index (χ3n) is 7.21. The molecule has 10 heteroatoms. The van der Waals surface area contributed by atoms with Crippen molar-refractivity contribution in [1.82, 2.24) is 14.8 Å². The second-order valence-electron chi connectivity index (χ2n) is 9.63. The number of thiophene rings is 1. The third kappa shape index (κ3) is 6.35. The van der Waals surface area contributed by atoms with Crippen molar-refractivity contribution in [3.63, 3.8) is 0 Å². The van der Waals surface area contributed by atoms with E-state index in [0.717, 1.165) is 29.2 Å². The molecule has 5 rings (SSSR count). The highest BCUT2D eigenvalue weighted by atomic mass is 32.1. The van der Waals surface area contributed by atoms with Gasteiger partial charge in [-0.05, 0) is 41.8 Å². The van der Waals surface area contributed by atoms with Gasteiger partial charge < -0.3 is 19.1 Å². The van der Waals surface area contributed by atoms with Gasteiger partial charge >= 0.3 is 0 Å². The molecule has 0 radical (unpaired) electrons. The highest BCUT2D eigenvalue weighted by Crippen LogP contribution is 2.38. The number of morpholine rings is 1. The van der Waals surface area contributed by atoms with Crippen LogP contribution in [0.4, 0.5) is 0 Å². The molecule has 2 amide bonds. The Bertz CT molecular complexity index is 1320. The Morgan fingerprint density at radius 1 is 1.02 bits per heavy atom. The second kappa shape index (κ2) is 13.1. The van der Waals surface area contributed by atoms with Gasteiger partial charge in [-0.25, -0.2) is 5.01 Å². The summed E-state index contributed by atoms with van der Waals surface area (Å²) in [6.07, 6.45) is 0.562. The van der Waals surface area contributed by atoms with Crippen molar-refractivity contribution >= 4 is 28.9 Å². The van der Waals surface area contributed by atoms with Gasteiger partial charge in [0.1, 0.15) is 18.0 Å². The molecule has 0 aliphatic carbocycles. The summed E-state index contributed by atoms with van der Waals surface area (Å²) in [7, 11) is 3.21. The van der Waals surface area contributed by atoms with E-state index in [1.54, 1.807) is 54.7 Å². The Labute approximate surface area is 238 Å².